The third kappa shape index (κ3) is 4.48. The predicted molar refractivity (Wildman–Crippen MR) is 132 cm³/mol. The smallest absolute Gasteiger partial charge is 0.337 e. The van der Waals surface area contributed by atoms with Crippen molar-refractivity contribution >= 4 is 22.9 Å². The quantitative estimate of drug-likeness (QED) is 0.296. The zero-order chi connectivity index (χ0) is 23.4. The third-order valence-electron chi connectivity index (χ3n) is 6.83. The fraction of sp³-hybridized carbons (Fsp3) is 0.393. The minimum Gasteiger partial charge on any atom is -0.465 e. The molecule has 1 aliphatic rings. The van der Waals surface area contributed by atoms with Crippen LogP contribution in [0.4, 0.5) is 0 Å². The Morgan fingerprint density at radius 3 is 2.48 bits per heavy atom. The molecular formula is C28H33NO4. The Hall–Kier alpha value is -2.89. The van der Waals surface area contributed by atoms with Crippen molar-refractivity contribution in [3.8, 4) is 11.3 Å². The van der Waals surface area contributed by atoms with Gasteiger partial charge in [0, 0.05) is 30.7 Å². The lowest BCUT2D eigenvalue weighted by Crippen LogP contribution is -2.21. The number of esters is 1. The molecule has 0 bridgehead atoms. The van der Waals surface area contributed by atoms with E-state index < -0.39 is 6.29 Å². The van der Waals surface area contributed by atoms with E-state index >= 15 is 0 Å². The van der Waals surface area contributed by atoms with Gasteiger partial charge in [0.1, 0.15) is 0 Å². The van der Waals surface area contributed by atoms with E-state index in [0.29, 0.717) is 18.0 Å². The molecule has 0 radical (unpaired) electrons. The number of methoxy groups -OCH3 is 3. The van der Waals surface area contributed by atoms with Gasteiger partial charge in [0.25, 0.3) is 0 Å². The summed E-state index contributed by atoms with van der Waals surface area (Å²) in [6.45, 7) is 4.57. The molecule has 0 atom stereocenters. The second-order valence-corrected chi connectivity index (χ2v) is 8.62. The van der Waals surface area contributed by atoms with Gasteiger partial charge < -0.3 is 18.8 Å². The molecule has 33 heavy (non-hydrogen) atoms. The fourth-order valence-electron chi connectivity index (χ4n) is 5.19. The van der Waals surface area contributed by atoms with Gasteiger partial charge >= 0.3 is 5.97 Å². The van der Waals surface area contributed by atoms with Crippen LogP contribution in [0.15, 0.2) is 49.0 Å². The van der Waals surface area contributed by atoms with Crippen molar-refractivity contribution in [3.63, 3.8) is 0 Å². The first-order valence-electron chi connectivity index (χ1n) is 11.6. The first-order valence-corrected chi connectivity index (χ1v) is 11.6. The van der Waals surface area contributed by atoms with Crippen LogP contribution in [0.1, 0.15) is 59.5 Å². The van der Waals surface area contributed by atoms with Crippen molar-refractivity contribution in [3.05, 3.63) is 65.7 Å². The summed E-state index contributed by atoms with van der Waals surface area (Å²) in [6.07, 6.45) is 7.58. The standard InChI is InChI=1S/C28H33NO4/c1-5-19-11-9-10-14-22(19)27-26(20-12-7-6-8-13-20)23-16-15-21(28(30)33-4)17-24(23)29(27)18-25(31-2)32-3/h5,9-11,14-17,20,25H,1,6-8,12-13,18H2,2-4H3. The van der Waals surface area contributed by atoms with E-state index in [9.17, 15) is 4.79 Å². The van der Waals surface area contributed by atoms with Crippen LogP contribution in [0.5, 0.6) is 0 Å². The number of benzene rings is 2. The van der Waals surface area contributed by atoms with Crippen molar-refractivity contribution in [1.29, 1.82) is 0 Å². The molecule has 3 aromatic rings. The second kappa shape index (κ2) is 10.4. The molecule has 0 unspecified atom stereocenters. The first kappa shape index (κ1) is 23.3. The van der Waals surface area contributed by atoms with E-state index in [1.807, 2.05) is 24.3 Å². The number of aromatic nitrogens is 1. The molecule has 5 nitrogen and oxygen atoms in total. The van der Waals surface area contributed by atoms with E-state index in [4.69, 9.17) is 14.2 Å². The van der Waals surface area contributed by atoms with Crippen LogP contribution >= 0.6 is 0 Å². The van der Waals surface area contributed by atoms with Crippen LogP contribution in [0.2, 0.25) is 0 Å². The van der Waals surface area contributed by atoms with E-state index in [1.54, 1.807) is 14.2 Å². The summed E-state index contributed by atoms with van der Waals surface area (Å²) >= 11 is 0. The molecule has 1 aromatic heterocycles. The zero-order valence-corrected chi connectivity index (χ0v) is 19.8. The summed E-state index contributed by atoms with van der Waals surface area (Å²) in [4.78, 5) is 12.4. The molecule has 1 heterocycles. The zero-order valence-electron chi connectivity index (χ0n) is 19.8. The van der Waals surface area contributed by atoms with Crippen LogP contribution < -0.4 is 0 Å². The van der Waals surface area contributed by atoms with E-state index in [2.05, 4.69) is 35.4 Å². The molecule has 0 spiro atoms. The summed E-state index contributed by atoms with van der Waals surface area (Å²) in [5.41, 5.74) is 6.25. The number of fused-ring (bicyclic) bond motifs is 1. The van der Waals surface area contributed by atoms with Crippen LogP contribution in [-0.4, -0.2) is 38.2 Å². The number of hydrogen-bond donors (Lipinski definition) is 0. The highest BCUT2D eigenvalue weighted by Crippen LogP contribution is 2.45. The molecular weight excluding hydrogens is 414 g/mol. The maximum Gasteiger partial charge on any atom is 0.337 e. The lowest BCUT2D eigenvalue weighted by molar-refractivity contribution is -0.110. The average Bonchev–Trinajstić information content (AvgIpc) is 3.20. The van der Waals surface area contributed by atoms with Gasteiger partial charge in [-0.2, -0.15) is 0 Å². The highest BCUT2D eigenvalue weighted by Gasteiger charge is 2.28. The Bertz CT molecular complexity index is 1140. The molecule has 174 valence electrons. The Morgan fingerprint density at radius 2 is 1.82 bits per heavy atom. The summed E-state index contributed by atoms with van der Waals surface area (Å²) in [5.74, 6) is 0.120. The lowest BCUT2D eigenvalue weighted by atomic mass is 9.81. The van der Waals surface area contributed by atoms with Crippen LogP contribution in [0.3, 0.4) is 0 Å². The summed E-state index contributed by atoms with van der Waals surface area (Å²) in [6, 6.07) is 14.3. The maximum atomic E-state index is 12.4. The molecule has 0 N–H and O–H groups in total. The maximum absolute atomic E-state index is 12.4. The number of rotatable bonds is 8. The largest absolute Gasteiger partial charge is 0.465 e. The summed E-state index contributed by atoms with van der Waals surface area (Å²) in [7, 11) is 4.72. The number of carbonyl (C=O) groups excluding carboxylic acids is 1. The van der Waals surface area contributed by atoms with Crippen molar-refractivity contribution in [1.82, 2.24) is 4.57 Å². The van der Waals surface area contributed by atoms with Gasteiger partial charge in [-0.1, -0.05) is 62.2 Å². The van der Waals surface area contributed by atoms with Gasteiger partial charge in [-0.3, -0.25) is 0 Å². The normalized spacial score (nSPS) is 14.7. The fourth-order valence-corrected chi connectivity index (χ4v) is 5.19. The van der Waals surface area contributed by atoms with E-state index in [1.165, 1.54) is 50.2 Å². The van der Waals surface area contributed by atoms with Crippen molar-refractivity contribution in [2.75, 3.05) is 21.3 Å². The molecule has 0 aliphatic heterocycles. The highest BCUT2D eigenvalue weighted by molar-refractivity contribution is 5.99. The van der Waals surface area contributed by atoms with Crippen molar-refractivity contribution in [2.24, 2.45) is 0 Å². The van der Waals surface area contributed by atoms with Gasteiger partial charge in [-0.15, -0.1) is 0 Å². The Morgan fingerprint density at radius 1 is 1.09 bits per heavy atom. The molecule has 5 heteroatoms. The summed E-state index contributed by atoms with van der Waals surface area (Å²) in [5, 5.41) is 1.18. The van der Waals surface area contributed by atoms with Crippen molar-refractivity contribution in [2.45, 2.75) is 50.9 Å². The molecule has 1 saturated carbocycles. The number of hydrogen-bond acceptors (Lipinski definition) is 4. The van der Waals surface area contributed by atoms with Gasteiger partial charge in [-0.05, 0) is 42.0 Å². The minimum atomic E-state index is -0.420. The molecule has 0 amide bonds. The molecule has 4 rings (SSSR count). The first-order chi connectivity index (χ1) is 16.1. The SMILES string of the molecule is C=Cc1ccccc1-c1c(C2CCCCC2)c2ccc(C(=O)OC)cc2n1CC(OC)OC. The van der Waals surface area contributed by atoms with Crippen LogP contribution in [0, 0.1) is 0 Å². The number of nitrogens with zero attached hydrogens (tertiary/aromatic N) is 1. The summed E-state index contributed by atoms with van der Waals surface area (Å²) < 4.78 is 18.5. The number of carbonyl (C=O) groups is 1. The van der Waals surface area contributed by atoms with E-state index in [-0.39, 0.29) is 5.97 Å². The van der Waals surface area contributed by atoms with Gasteiger partial charge in [0.15, 0.2) is 6.29 Å². The van der Waals surface area contributed by atoms with Crippen LogP contribution in [-0.2, 0) is 20.8 Å². The molecule has 0 saturated heterocycles. The molecule has 1 fully saturated rings. The minimum absolute atomic E-state index is 0.341. The third-order valence-corrected chi connectivity index (χ3v) is 6.83. The van der Waals surface area contributed by atoms with Gasteiger partial charge in [0.05, 0.1) is 24.9 Å². The molecule has 1 aliphatic carbocycles. The Balaban J connectivity index is 2.07. The van der Waals surface area contributed by atoms with Gasteiger partial charge in [-0.25, -0.2) is 4.79 Å². The highest BCUT2D eigenvalue weighted by atomic mass is 16.7. The Labute approximate surface area is 196 Å². The Kier molecular flexibility index (Phi) is 7.31. The number of ether oxygens (including phenoxy) is 3. The lowest BCUT2D eigenvalue weighted by Gasteiger charge is -2.25. The second-order valence-electron chi connectivity index (χ2n) is 8.62. The topological polar surface area (TPSA) is 49.7 Å². The monoisotopic (exact) mass is 447 g/mol. The molecule has 2 aromatic carbocycles. The van der Waals surface area contributed by atoms with E-state index in [0.717, 1.165) is 22.3 Å². The van der Waals surface area contributed by atoms with Gasteiger partial charge in [0.2, 0.25) is 0 Å². The average molecular weight is 448 g/mol. The predicted octanol–water partition coefficient (Wildman–Crippen LogP) is 6.40. The van der Waals surface area contributed by atoms with Crippen molar-refractivity contribution < 1.29 is 19.0 Å². The van der Waals surface area contributed by atoms with Crippen LogP contribution in [0.25, 0.3) is 28.2 Å².